The minimum absolute atomic E-state index is 0.212. The molecule has 0 unspecified atom stereocenters. The van der Waals surface area contributed by atoms with Crippen molar-refractivity contribution in [2.45, 2.75) is 32.8 Å². The summed E-state index contributed by atoms with van der Waals surface area (Å²) in [6.45, 7) is 7.75. The van der Waals surface area contributed by atoms with Crippen LogP contribution in [-0.2, 0) is 4.79 Å². The Labute approximate surface area is 90.9 Å². The van der Waals surface area contributed by atoms with Crippen LogP contribution in [0, 0.1) is 11.8 Å². The van der Waals surface area contributed by atoms with E-state index in [4.69, 9.17) is 5.11 Å². The topological polar surface area (TPSA) is 60.8 Å². The van der Waals surface area contributed by atoms with Crippen LogP contribution in [0.4, 0.5) is 0 Å². The molecule has 0 saturated carbocycles. The third-order valence-electron chi connectivity index (χ3n) is 3.04. The normalized spacial score (nSPS) is 28.3. The van der Waals surface area contributed by atoms with E-state index < -0.39 is 11.6 Å². The molecule has 0 aromatic carbocycles. The van der Waals surface area contributed by atoms with Crippen molar-refractivity contribution in [3.8, 4) is 0 Å². The van der Waals surface area contributed by atoms with Crippen molar-refractivity contribution in [1.82, 2.24) is 4.90 Å². The third-order valence-corrected chi connectivity index (χ3v) is 3.04. The van der Waals surface area contributed by atoms with Crippen molar-refractivity contribution in [2.24, 2.45) is 11.8 Å². The molecule has 0 bridgehead atoms. The van der Waals surface area contributed by atoms with Crippen LogP contribution in [0.2, 0.25) is 0 Å². The van der Waals surface area contributed by atoms with E-state index in [1.807, 2.05) is 6.92 Å². The molecule has 1 rings (SSSR count). The summed E-state index contributed by atoms with van der Waals surface area (Å²) in [5, 5.41) is 18.5. The SMILES string of the molecule is C[C@@H]1CN(CCC(C)(C)O)C[C@H]1C(=O)O. The molecule has 0 aromatic rings. The van der Waals surface area contributed by atoms with Gasteiger partial charge in [0.1, 0.15) is 0 Å². The first-order valence-electron chi connectivity index (χ1n) is 5.47. The van der Waals surface area contributed by atoms with Crippen LogP contribution < -0.4 is 0 Å². The Morgan fingerprint density at radius 1 is 1.47 bits per heavy atom. The number of hydrogen-bond acceptors (Lipinski definition) is 3. The first kappa shape index (κ1) is 12.5. The molecule has 4 heteroatoms. The van der Waals surface area contributed by atoms with Crippen molar-refractivity contribution < 1.29 is 15.0 Å². The zero-order valence-corrected chi connectivity index (χ0v) is 9.73. The van der Waals surface area contributed by atoms with Crippen LogP contribution in [0.15, 0.2) is 0 Å². The molecule has 1 saturated heterocycles. The van der Waals surface area contributed by atoms with Crippen molar-refractivity contribution in [2.75, 3.05) is 19.6 Å². The molecule has 88 valence electrons. The Morgan fingerprint density at radius 3 is 2.47 bits per heavy atom. The zero-order valence-electron chi connectivity index (χ0n) is 9.73. The largest absolute Gasteiger partial charge is 0.481 e. The first-order valence-corrected chi connectivity index (χ1v) is 5.47. The van der Waals surface area contributed by atoms with E-state index >= 15 is 0 Å². The van der Waals surface area contributed by atoms with Gasteiger partial charge in [0.25, 0.3) is 0 Å². The highest BCUT2D eigenvalue weighted by molar-refractivity contribution is 5.71. The van der Waals surface area contributed by atoms with Gasteiger partial charge >= 0.3 is 5.97 Å². The second-order valence-corrected chi connectivity index (χ2v) is 5.24. The van der Waals surface area contributed by atoms with Gasteiger partial charge in [0.05, 0.1) is 11.5 Å². The maximum atomic E-state index is 10.9. The second-order valence-electron chi connectivity index (χ2n) is 5.24. The van der Waals surface area contributed by atoms with E-state index in [1.54, 1.807) is 13.8 Å². The minimum atomic E-state index is -0.701. The first-order chi connectivity index (χ1) is 6.79. The highest BCUT2D eigenvalue weighted by Gasteiger charge is 2.34. The monoisotopic (exact) mass is 215 g/mol. The summed E-state index contributed by atoms with van der Waals surface area (Å²) in [6, 6.07) is 0. The fraction of sp³-hybridized carbons (Fsp3) is 0.909. The van der Waals surface area contributed by atoms with E-state index in [9.17, 15) is 9.90 Å². The third kappa shape index (κ3) is 3.80. The van der Waals surface area contributed by atoms with Gasteiger partial charge in [-0.3, -0.25) is 4.79 Å². The van der Waals surface area contributed by atoms with E-state index in [0.29, 0.717) is 13.0 Å². The lowest BCUT2D eigenvalue weighted by Gasteiger charge is -2.22. The maximum absolute atomic E-state index is 10.9. The van der Waals surface area contributed by atoms with Crippen molar-refractivity contribution in [3.05, 3.63) is 0 Å². The smallest absolute Gasteiger partial charge is 0.308 e. The predicted octanol–water partition coefficient (Wildman–Crippen LogP) is 0.800. The van der Waals surface area contributed by atoms with Gasteiger partial charge in [-0.05, 0) is 26.2 Å². The number of aliphatic hydroxyl groups is 1. The summed E-state index contributed by atoms with van der Waals surface area (Å²) >= 11 is 0. The highest BCUT2D eigenvalue weighted by atomic mass is 16.4. The molecular formula is C11H21NO3. The van der Waals surface area contributed by atoms with Crippen molar-refractivity contribution in [3.63, 3.8) is 0 Å². The Bertz CT molecular complexity index is 234. The Hall–Kier alpha value is -0.610. The van der Waals surface area contributed by atoms with Gasteiger partial charge in [0.2, 0.25) is 0 Å². The summed E-state index contributed by atoms with van der Waals surface area (Å²) < 4.78 is 0. The number of rotatable bonds is 4. The van der Waals surface area contributed by atoms with Crippen molar-refractivity contribution >= 4 is 5.97 Å². The summed E-state index contributed by atoms with van der Waals surface area (Å²) in [5.41, 5.74) is -0.662. The molecule has 1 aliphatic heterocycles. The molecule has 1 fully saturated rings. The molecule has 2 atom stereocenters. The molecule has 1 heterocycles. The fourth-order valence-corrected chi connectivity index (χ4v) is 2.00. The van der Waals surface area contributed by atoms with Crippen LogP contribution in [0.5, 0.6) is 0 Å². The molecule has 0 amide bonds. The van der Waals surface area contributed by atoms with Gasteiger partial charge in [0, 0.05) is 19.6 Å². The fourth-order valence-electron chi connectivity index (χ4n) is 2.00. The molecule has 0 radical (unpaired) electrons. The lowest BCUT2D eigenvalue weighted by molar-refractivity contribution is -0.142. The standard InChI is InChI=1S/C11H21NO3/c1-8-6-12(5-4-11(2,3)15)7-9(8)10(13)14/h8-9,15H,4-7H2,1-3H3,(H,13,14)/t8-,9-/m1/s1. The Kier molecular flexibility index (Phi) is 3.73. The molecule has 0 aliphatic carbocycles. The molecule has 4 nitrogen and oxygen atoms in total. The van der Waals surface area contributed by atoms with Gasteiger partial charge in [-0.15, -0.1) is 0 Å². The van der Waals surface area contributed by atoms with Crippen LogP contribution in [0.1, 0.15) is 27.2 Å². The van der Waals surface area contributed by atoms with E-state index in [0.717, 1.165) is 13.1 Å². The summed E-state index contributed by atoms with van der Waals surface area (Å²) in [6.07, 6.45) is 0.687. The second kappa shape index (κ2) is 4.49. The van der Waals surface area contributed by atoms with Crippen LogP contribution in [0.3, 0.4) is 0 Å². The minimum Gasteiger partial charge on any atom is -0.481 e. The van der Waals surface area contributed by atoms with Crippen molar-refractivity contribution in [1.29, 1.82) is 0 Å². The number of likely N-dealkylation sites (tertiary alicyclic amines) is 1. The van der Waals surface area contributed by atoms with Crippen LogP contribution in [0.25, 0.3) is 0 Å². The Balaban J connectivity index is 2.39. The lowest BCUT2D eigenvalue weighted by Crippen LogP contribution is -2.30. The van der Waals surface area contributed by atoms with E-state index in [-0.39, 0.29) is 11.8 Å². The molecule has 0 spiro atoms. The van der Waals surface area contributed by atoms with E-state index in [1.165, 1.54) is 0 Å². The number of aliphatic carboxylic acids is 1. The quantitative estimate of drug-likeness (QED) is 0.728. The molecule has 0 aromatic heterocycles. The average molecular weight is 215 g/mol. The summed E-state index contributed by atoms with van der Waals surface area (Å²) in [5.74, 6) is -0.732. The van der Waals surface area contributed by atoms with Gasteiger partial charge in [-0.2, -0.15) is 0 Å². The van der Waals surface area contributed by atoms with E-state index in [2.05, 4.69) is 4.90 Å². The molecule has 15 heavy (non-hydrogen) atoms. The highest BCUT2D eigenvalue weighted by Crippen LogP contribution is 2.24. The Morgan fingerprint density at radius 2 is 2.07 bits per heavy atom. The lowest BCUT2D eigenvalue weighted by atomic mass is 9.99. The van der Waals surface area contributed by atoms with Gasteiger partial charge < -0.3 is 15.1 Å². The number of nitrogens with zero attached hydrogens (tertiary/aromatic N) is 1. The van der Waals surface area contributed by atoms with Crippen LogP contribution in [-0.4, -0.2) is 46.3 Å². The van der Waals surface area contributed by atoms with Gasteiger partial charge in [-0.25, -0.2) is 0 Å². The zero-order chi connectivity index (χ0) is 11.6. The number of carbonyl (C=O) groups is 1. The number of hydrogen-bond donors (Lipinski definition) is 2. The number of carboxylic acid groups (broad SMARTS) is 1. The maximum Gasteiger partial charge on any atom is 0.308 e. The predicted molar refractivity (Wildman–Crippen MR) is 57.6 cm³/mol. The van der Waals surface area contributed by atoms with Gasteiger partial charge in [0.15, 0.2) is 0 Å². The summed E-state index contributed by atoms with van der Waals surface area (Å²) in [7, 11) is 0. The number of carboxylic acids is 1. The van der Waals surface area contributed by atoms with Crippen LogP contribution >= 0.6 is 0 Å². The van der Waals surface area contributed by atoms with Gasteiger partial charge in [-0.1, -0.05) is 6.92 Å². The molecular weight excluding hydrogens is 194 g/mol. The average Bonchev–Trinajstić information content (AvgIpc) is 2.42. The summed E-state index contributed by atoms with van der Waals surface area (Å²) in [4.78, 5) is 13.0. The molecule has 1 aliphatic rings. The molecule has 2 N–H and O–H groups in total.